The van der Waals surface area contributed by atoms with Gasteiger partial charge in [0.05, 0.1) is 11.4 Å². The molecule has 2 aromatic heterocycles. The summed E-state index contributed by atoms with van der Waals surface area (Å²) in [5.41, 5.74) is 6.19. The molecule has 0 radical (unpaired) electrons. The van der Waals surface area contributed by atoms with Gasteiger partial charge >= 0.3 is 0 Å². The van der Waals surface area contributed by atoms with Gasteiger partial charge in [-0.3, -0.25) is 0 Å². The average Bonchev–Trinajstić information content (AvgIpc) is 2.85. The van der Waals surface area contributed by atoms with E-state index in [0.29, 0.717) is 0 Å². The first kappa shape index (κ1) is 8.11. The zero-order valence-electron chi connectivity index (χ0n) is 8.72. The quantitative estimate of drug-likeness (QED) is 0.432. The van der Waals surface area contributed by atoms with Gasteiger partial charge in [0.25, 0.3) is 0 Å². The summed E-state index contributed by atoms with van der Waals surface area (Å²) in [7, 11) is 0. The molecule has 2 heteroatoms. The van der Waals surface area contributed by atoms with E-state index in [1.807, 2.05) is 6.07 Å². The van der Waals surface area contributed by atoms with Crippen molar-refractivity contribution in [1.82, 2.24) is 9.38 Å². The molecule has 16 heavy (non-hydrogen) atoms. The molecule has 0 atom stereocenters. The van der Waals surface area contributed by atoms with E-state index >= 15 is 0 Å². The van der Waals surface area contributed by atoms with Crippen LogP contribution in [0.15, 0.2) is 48.7 Å². The van der Waals surface area contributed by atoms with Crippen LogP contribution in [0.4, 0.5) is 0 Å². The smallest absolute Gasteiger partial charge is 0.137 e. The third-order valence-corrected chi connectivity index (χ3v) is 3.26. The molecule has 3 aromatic rings. The van der Waals surface area contributed by atoms with Crippen LogP contribution in [0.1, 0.15) is 11.3 Å². The van der Waals surface area contributed by atoms with Crippen molar-refractivity contribution < 1.29 is 0 Å². The van der Waals surface area contributed by atoms with E-state index in [4.69, 9.17) is 4.98 Å². The molecular weight excluding hydrogens is 196 g/mol. The van der Waals surface area contributed by atoms with E-state index in [9.17, 15) is 0 Å². The van der Waals surface area contributed by atoms with Gasteiger partial charge in [-0.1, -0.05) is 30.3 Å². The Bertz CT molecular complexity index is 695. The lowest BCUT2D eigenvalue weighted by Crippen LogP contribution is -1.90. The van der Waals surface area contributed by atoms with Gasteiger partial charge in [-0.05, 0) is 17.7 Å². The van der Waals surface area contributed by atoms with Crippen LogP contribution in [0.5, 0.6) is 0 Å². The molecule has 4 rings (SSSR count). The van der Waals surface area contributed by atoms with Gasteiger partial charge < -0.3 is 4.40 Å². The summed E-state index contributed by atoms with van der Waals surface area (Å²) in [6.45, 7) is 0. The fraction of sp³-hybridized carbons (Fsp3) is 0.0714. The molecule has 0 aliphatic heterocycles. The van der Waals surface area contributed by atoms with Crippen LogP contribution >= 0.6 is 0 Å². The minimum atomic E-state index is 0.997. The van der Waals surface area contributed by atoms with Gasteiger partial charge in [-0.25, -0.2) is 4.98 Å². The monoisotopic (exact) mass is 206 g/mol. The van der Waals surface area contributed by atoms with Crippen LogP contribution in [-0.4, -0.2) is 9.38 Å². The summed E-state index contributed by atoms with van der Waals surface area (Å²) in [6, 6.07) is 14.7. The molecule has 1 aliphatic carbocycles. The van der Waals surface area contributed by atoms with Crippen LogP contribution in [-0.2, 0) is 6.42 Å². The first-order valence-electron chi connectivity index (χ1n) is 5.48. The summed E-state index contributed by atoms with van der Waals surface area (Å²) in [5.74, 6) is 0. The highest BCUT2D eigenvalue weighted by Gasteiger charge is 2.22. The number of fused-ring (bicyclic) bond motifs is 5. The molecule has 0 spiro atoms. The number of imidazole rings is 1. The largest absolute Gasteiger partial charge is 0.303 e. The van der Waals surface area contributed by atoms with Crippen molar-refractivity contribution in [2.24, 2.45) is 0 Å². The van der Waals surface area contributed by atoms with E-state index in [-0.39, 0.29) is 0 Å². The summed E-state index contributed by atoms with van der Waals surface area (Å²) >= 11 is 0. The van der Waals surface area contributed by atoms with Gasteiger partial charge in [0.1, 0.15) is 5.65 Å². The van der Waals surface area contributed by atoms with Crippen molar-refractivity contribution in [2.45, 2.75) is 6.42 Å². The lowest BCUT2D eigenvalue weighted by molar-refractivity contribution is 1.05. The predicted octanol–water partition coefficient (Wildman–Crippen LogP) is 2.91. The fourth-order valence-electron chi connectivity index (χ4n) is 2.52. The van der Waals surface area contributed by atoms with Gasteiger partial charge in [0.15, 0.2) is 0 Å². The van der Waals surface area contributed by atoms with Crippen molar-refractivity contribution in [1.29, 1.82) is 0 Å². The highest BCUT2D eigenvalue weighted by Crippen LogP contribution is 2.35. The number of hydrogen-bond acceptors (Lipinski definition) is 1. The zero-order chi connectivity index (χ0) is 10.5. The Morgan fingerprint density at radius 3 is 2.88 bits per heavy atom. The first-order valence-corrected chi connectivity index (χ1v) is 5.48. The minimum absolute atomic E-state index is 0.997. The molecule has 0 unspecified atom stereocenters. The third kappa shape index (κ3) is 0.890. The van der Waals surface area contributed by atoms with Crippen LogP contribution < -0.4 is 0 Å². The second-order valence-corrected chi connectivity index (χ2v) is 4.17. The second kappa shape index (κ2) is 2.73. The van der Waals surface area contributed by atoms with Gasteiger partial charge in [-0.2, -0.15) is 0 Å². The third-order valence-electron chi connectivity index (χ3n) is 3.26. The molecule has 0 saturated heterocycles. The second-order valence-electron chi connectivity index (χ2n) is 4.17. The molecule has 0 fully saturated rings. The fourth-order valence-corrected chi connectivity index (χ4v) is 2.52. The van der Waals surface area contributed by atoms with E-state index in [1.165, 1.54) is 16.8 Å². The number of pyridine rings is 1. The maximum Gasteiger partial charge on any atom is 0.137 e. The Morgan fingerprint density at radius 1 is 1.00 bits per heavy atom. The molecule has 0 bridgehead atoms. The lowest BCUT2D eigenvalue weighted by Gasteiger charge is -1.98. The van der Waals surface area contributed by atoms with Gasteiger partial charge in [-0.15, -0.1) is 0 Å². The normalized spacial score (nSPS) is 12.8. The molecule has 1 aromatic carbocycles. The van der Waals surface area contributed by atoms with Crippen molar-refractivity contribution >= 4 is 5.65 Å². The summed E-state index contributed by atoms with van der Waals surface area (Å²) in [4.78, 5) is 4.70. The van der Waals surface area contributed by atoms with Gasteiger partial charge in [0, 0.05) is 18.2 Å². The number of nitrogens with zero attached hydrogens (tertiary/aromatic N) is 2. The molecule has 1 aliphatic rings. The Labute approximate surface area is 93.2 Å². The van der Waals surface area contributed by atoms with E-state index in [2.05, 4.69) is 47.0 Å². The Balaban J connectivity index is 2.12. The molecule has 76 valence electrons. The van der Waals surface area contributed by atoms with Crippen molar-refractivity contribution in [3.8, 4) is 11.3 Å². The highest BCUT2D eigenvalue weighted by molar-refractivity contribution is 5.75. The topological polar surface area (TPSA) is 17.3 Å². The lowest BCUT2D eigenvalue weighted by atomic mass is 10.1. The van der Waals surface area contributed by atoms with Crippen LogP contribution in [0.3, 0.4) is 0 Å². The Morgan fingerprint density at radius 2 is 1.88 bits per heavy atom. The summed E-state index contributed by atoms with van der Waals surface area (Å²) < 4.78 is 2.19. The van der Waals surface area contributed by atoms with Crippen LogP contribution in [0.2, 0.25) is 0 Å². The first-order chi connectivity index (χ1) is 7.93. The molecule has 2 heterocycles. The van der Waals surface area contributed by atoms with Gasteiger partial charge in [0.2, 0.25) is 0 Å². The zero-order valence-corrected chi connectivity index (χ0v) is 8.72. The maximum atomic E-state index is 4.70. The van der Waals surface area contributed by atoms with Crippen LogP contribution in [0.25, 0.3) is 16.9 Å². The van der Waals surface area contributed by atoms with Crippen LogP contribution in [0, 0.1) is 0 Å². The predicted molar refractivity (Wildman–Crippen MR) is 63.4 cm³/mol. The molecule has 2 nitrogen and oxygen atoms in total. The van der Waals surface area contributed by atoms with E-state index < -0.39 is 0 Å². The minimum Gasteiger partial charge on any atom is -0.303 e. The molecule has 0 amide bonds. The standard InChI is InChI=1S/C14H10N2/c1-2-6-11-10(5-1)9-12-14(11)15-13-7-3-4-8-16(12)13/h1-8H,9H2. The molecule has 0 saturated carbocycles. The summed E-state index contributed by atoms with van der Waals surface area (Å²) in [5, 5.41) is 0. The number of benzene rings is 1. The van der Waals surface area contributed by atoms with Crippen molar-refractivity contribution in [3.63, 3.8) is 0 Å². The molecular formula is C14H10N2. The number of aromatic nitrogens is 2. The maximum absolute atomic E-state index is 4.70. The highest BCUT2D eigenvalue weighted by atomic mass is 15.0. The van der Waals surface area contributed by atoms with Crippen molar-refractivity contribution in [2.75, 3.05) is 0 Å². The molecule has 0 N–H and O–H groups in total. The summed E-state index contributed by atoms with van der Waals surface area (Å²) in [6.07, 6.45) is 3.09. The SMILES string of the molecule is c1ccc2c(c1)Cc1c-2nc2ccccn12. The van der Waals surface area contributed by atoms with Crippen molar-refractivity contribution in [3.05, 3.63) is 59.9 Å². The number of rotatable bonds is 0. The number of hydrogen-bond donors (Lipinski definition) is 0. The Hall–Kier alpha value is -2.09. The van der Waals surface area contributed by atoms with E-state index in [1.54, 1.807) is 0 Å². The average molecular weight is 206 g/mol. The Kier molecular flexibility index (Phi) is 1.38. The van der Waals surface area contributed by atoms with E-state index in [0.717, 1.165) is 17.8 Å².